The molecule has 1 aliphatic heterocycles. The molecule has 1 aromatic carbocycles. The number of hydrogen-bond donors (Lipinski definition) is 2. The average Bonchev–Trinajstić information content (AvgIpc) is 2.47. The zero-order chi connectivity index (χ0) is 9.84. The van der Waals surface area contributed by atoms with Gasteiger partial charge in [0.15, 0.2) is 6.10 Å². The van der Waals surface area contributed by atoms with Crippen LogP contribution >= 0.6 is 0 Å². The van der Waals surface area contributed by atoms with Gasteiger partial charge in [0.1, 0.15) is 0 Å². The lowest BCUT2D eigenvalue weighted by atomic mass is 10.1. The third kappa shape index (κ3) is 1.70. The van der Waals surface area contributed by atoms with E-state index in [2.05, 4.69) is 5.32 Å². The predicted octanol–water partition coefficient (Wildman–Crippen LogP) is 1.70. The number of benzene rings is 1. The molecule has 1 unspecified atom stereocenters. The number of rotatable bonds is 0. The molecule has 2 N–H and O–H groups in total. The van der Waals surface area contributed by atoms with Gasteiger partial charge in [-0.15, -0.1) is 0 Å². The van der Waals surface area contributed by atoms with Crippen LogP contribution in [0, 0.1) is 0 Å². The van der Waals surface area contributed by atoms with Crippen molar-refractivity contribution in [2.24, 2.45) is 0 Å². The summed E-state index contributed by atoms with van der Waals surface area (Å²) in [5.74, 6) is -0.341. The molecule has 0 aromatic heterocycles. The van der Waals surface area contributed by atoms with Gasteiger partial charge in [0.2, 0.25) is 0 Å². The summed E-state index contributed by atoms with van der Waals surface area (Å²) in [5.41, 5.74) is 1.38. The van der Waals surface area contributed by atoms with E-state index in [0.717, 1.165) is 0 Å². The van der Waals surface area contributed by atoms with Crippen molar-refractivity contribution in [1.29, 1.82) is 0 Å². The van der Waals surface area contributed by atoms with Crippen molar-refractivity contribution in [1.82, 2.24) is 0 Å². The molecule has 1 heterocycles. The molecule has 2 rings (SSSR count). The molecule has 1 aromatic rings. The van der Waals surface area contributed by atoms with Crippen molar-refractivity contribution < 1.29 is 9.90 Å². The highest BCUT2D eigenvalue weighted by Gasteiger charge is 2.27. The second kappa shape index (κ2) is 4.05. The van der Waals surface area contributed by atoms with Crippen LogP contribution in [-0.4, -0.2) is 11.0 Å². The lowest BCUT2D eigenvalue weighted by molar-refractivity contribution is -0.123. The highest BCUT2D eigenvalue weighted by Crippen LogP contribution is 2.29. The van der Waals surface area contributed by atoms with Gasteiger partial charge in [-0.25, -0.2) is 0 Å². The van der Waals surface area contributed by atoms with E-state index in [-0.39, 0.29) is 5.91 Å². The van der Waals surface area contributed by atoms with E-state index in [9.17, 15) is 9.90 Å². The second-order valence-corrected chi connectivity index (χ2v) is 2.48. The van der Waals surface area contributed by atoms with Crippen LogP contribution in [0.1, 0.15) is 25.5 Å². The van der Waals surface area contributed by atoms with Crippen molar-refractivity contribution >= 4 is 11.6 Å². The predicted molar refractivity (Wildman–Crippen MR) is 51.4 cm³/mol. The summed E-state index contributed by atoms with van der Waals surface area (Å²) in [5, 5.41) is 11.8. The molecule has 0 aliphatic carbocycles. The van der Waals surface area contributed by atoms with Crippen molar-refractivity contribution in [3.63, 3.8) is 0 Å². The van der Waals surface area contributed by atoms with Crippen LogP contribution in [0.15, 0.2) is 24.3 Å². The van der Waals surface area contributed by atoms with Crippen molar-refractivity contribution in [2.75, 3.05) is 5.32 Å². The largest absolute Gasteiger partial charge is 0.378 e. The van der Waals surface area contributed by atoms with Crippen molar-refractivity contribution in [2.45, 2.75) is 20.0 Å². The SMILES string of the molecule is CC.O=C1Nc2ccccc2C1O. The van der Waals surface area contributed by atoms with Crippen molar-refractivity contribution in [3.8, 4) is 0 Å². The fourth-order valence-electron chi connectivity index (χ4n) is 1.19. The van der Waals surface area contributed by atoms with Gasteiger partial charge in [-0.05, 0) is 6.07 Å². The Morgan fingerprint density at radius 3 is 2.54 bits per heavy atom. The summed E-state index contributed by atoms with van der Waals surface area (Å²) in [7, 11) is 0. The number of carbonyl (C=O) groups is 1. The van der Waals surface area contributed by atoms with E-state index < -0.39 is 6.10 Å². The maximum absolute atomic E-state index is 10.9. The molecule has 0 bridgehead atoms. The van der Waals surface area contributed by atoms with Gasteiger partial charge in [0.05, 0.1) is 0 Å². The first-order valence-corrected chi connectivity index (χ1v) is 4.37. The second-order valence-electron chi connectivity index (χ2n) is 2.48. The summed E-state index contributed by atoms with van der Waals surface area (Å²) < 4.78 is 0. The first-order valence-electron chi connectivity index (χ1n) is 4.37. The van der Waals surface area contributed by atoms with Gasteiger partial charge in [0.25, 0.3) is 5.91 Å². The Hall–Kier alpha value is -1.35. The fourth-order valence-corrected chi connectivity index (χ4v) is 1.19. The number of para-hydroxylation sites is 1. The van der Waals surface area contributed by atoms with Gasteiger partial charge in [-0.3, -0.25) is 4.79 Å². The Balaban J connectivity index is 0.000000396. The molecule has 3 nitrogen and oxygen atoms in total. The number of aliphatic hydroxyl groups excluding tert-OH is 1. The first-order chi connectivity index (χ1) is 6.29. The zero-order valence-electron chi connectivity index (χ0n) is 7.74. The van der Waals surface area contributed by atoms with Crippen molar-refractivity contribution in [3.05, 3.63) is 29.8 Å². The molecule has 1 atom stereocenters. The number of carbonyl (C=O) groups excluding carboxylic acids is 1. The normalized spacial score (nSPS) is 18.4. The minimum atomic E-state index is -0.980. The Bertz CT molecular complexity index is 310. The highest BCUT2D eigenvalue weighted by atomic mass is 16.3. The van der Waals surface area contributed by atoms with E-state index in [0.29, 0.717) is 11.3 Å². The molecule has 13 heavy (non-hydrogen) atoms. The third-order valence-electron chi connectivity index (χ3n) is 1.76. The minimum Gasteiger partial charge on any atom is -0.378 e. The summed E-state index contributed by atoms with van der Waals surface area (Å²) in [4.78, 5) is 10.9. The summed E-state index contributed by atoms with van der Waals surface area (Å²) in [6, 6.07) is 7.11. The van der Waals surface area contributed by atoms with E-state index in [1.54, 1.807) is 18.2 Å². The molecule has 70 valence electrons. The van der Waals surface area contributed by atoms with Crippen LogP contribution in [0.4, 0.5) is 5.69 Å². The standard InChI is InChI=1S/C8H7NO2.C2H6/c10-7-5-3-1-2-4-6(5)9-8(7)11;1-2/h1-4,7,10H,(H,9,11);1-2H3. The topological polar surface area (TPSA) is 49.3 Å². The van der Waals surface area contributed by atoms with Gasteiger partial charge < -0.3 is 10.4 Å². The molecule has 1 amide bonds. The van der Waals surface area contributed by atoms with Crippen LogP contribution in [0.3, 0.4) is 0 Å². The first kappa shape index (κ1) is 9.74. The smallest absolute Gasteiger partial charge is 0.257 e. The molecule has 3 heteroatoms. The van der Waals surface area contributed by atoms with Gasteiger partial charge in [-0.1, -0.05) is 32.0 Å². The van der Waals surface area contributed by atoms with Crippen LogP contribution in [-0.2, 0) is 4.79 Å². The van der Waals surface area contributed by atoms with Gasteiger partial charge in [-0.2, -0.15) is 0 Å². The van der Waals surface area contributed by atoms with E-state index in [4.69, 9.17) is 0 Å². The molecule has 0 fully saturated rings. The van der Waals surface area contributed by atoms with E-state index in [1.165, 1.54) is 0 Å². The number of aliphatic hydroxyl groups is 1. The number of nitrogens with one attached hydrogen (secondary N) is 1. The highest BCUT2D eigenvalue weighted by molar-refractivity contribution is 6.01. The van der Waals surface area contributed by atoms with Crippen LogP contribution in [0.25, 0.3) is 0 Å². The van der Waals surface area contributed by atoms with Crippen LogP contribution in [0.2, 0.25) is 0 Å². The molecule has 0 spiro atoms. The monoisotopic (exact) mass is 179 g/mol. The Morgan fingerprint density at radius 2 is 1.92 bits per heavy atom. The lowest BCUT2D eigenvalue weighted by Gasteiger charge is -1.96. The van der Waals surface area contributed by atoms with Gasteiger partial charge in [0, 0.05) is 11.3 Å². The Morgan fingerprint density at radius 1 is 1.31 bits per heavy atom. The molecule has 0 saturated heterocycles. The number of amides is 1. The zero-order valence-corrected chi connectivity index (χ0v) is 7.74. The van der Waals surface area contributed by atoms with Crippen LogP contribution in [0.5, 0.6) is 0 Å². The van der Waals surface area contributed by atoms with Crippen LogP contribution < -0.4 is 5.32 Å². The maximum atomic E-state index is 10.9. The molecular weight excluding hydrogens is 166 g/mol. The minimum absolute atomic E-state index is 0.341. The molecule has 0 radical (unpaired) electrons. The number of hydrogen-bond acceptors (Lipinski definition) is 2. The summed E-state index contributed by atoms with van der Waals surface area (Å²) in [6.45, 7) is 4.00. The number of anilines is 1. The fraction of sp³-hybridized carbons (Fsp3) is 0.300. The lowest BCUT2D eigenvalue weighted by Crippen LogP contribution is -2.10. The average molecular weight is 179 g/mol. The number of fused-ring (bicyclic) bond motifs is 1. The molecule has 1 aliphatic rings. The van der Waals surface area contributed by atoms with E-state index >= 15 is 0 Å². The Labute approximate surface area is 77.4 Å². The van der Waals surface area contributed by atoms with Gasteiger partial charge >= 0.3 is 0 Å². The molecule has 0 saturated carbocycles. The van der Waals surface area contributed by atoms with E-state index in [1.807, 2.05) is 19.9 Å². The quantitative estimate of drug-likeness (QED) is 0.636. The summed E-state index contributed by atoms with van der Waals surface area (Å²) in [6.07, 6.45) is -0.980. The summed E-state index contributed by atoms with van der Waals surface area (Å²) >= 11 is 0. The third-order valence-corrected chi connectivity index (χ3v) is 1.76. The molecular formula is C10H13NO2. The maximum Gasteiger partial charge on any atom is 0.257 e. The Kier molecular flexibility index (Phi) is 3.03.